The number of hydrogen-bond acceptors (Lipinski definition) is 6. The van der Waals surface area contributed by atoms with E-state index in [1.807, 2.05) is 0 Å². The largest absolute Gasteiger partial charge is 0.506 e. The second-order valence-electron chi connectivity index (χ2n) is 7.58. The number of non-ortho nitro benzene ring substituents is 1. The molecule has 1 heterocycles. The maximum absolute atomic E-state index is 12.8. The fraction of sp³-hybridized carbons (Fsp3) is 0.389. The molecular weight excluding hydrogens is 418 g/mol. The van der Waals surface area contributed by atoms with Crippen LogP contribution in [0.2, 0.25) is 0 Å². The molecular formula is C18H14BrN3O5. The first-order valence-corrected chi connectivity index (χ1v) is 9.41. The number of phenols is 1. The van der Waals surface area contributed by atoms with E-state index in [4.69, 9.17) is 0 Å². The van der Waals surface area contributed by atoms with Crippen molar-refractivity contribution in [3.8, 4) is 5.75 Å². The third kappa shape index (κ3) is 2.06. The molecule has 0 aromatic heterocycles. The van der Waals surface area contributed by atoms with Gasteiger partial charge in [0.05, 0.1) is 27.4 Å². The van der Waals surface area contributed by atoms with Gasteiger partial charge in [0.2, 0.25) is 0 Å². The Labute approximate surface area is 161 Å². The molecule has 2 amide bonds. The van der Waals surface area contributed by atoms with Gasteiger partial charge in [0.15, 0.2) is 0 Å². The zero-order valence-corrected chi connectivity index (χ0v) is 15.5. The van der Waals surface area contributed by atoms with Gasteiger partial charge in [0, 0.05) is 17.7 Å². The lowest BCUT2D eigenvalue weighted by Gasteiger charge is -2.18. The van der Waals surface area contributed by atoms with Crippen LogP contribution in [0.25, 0.3) is 0 Å². The van der Waals surface area contributed by atoms with Gasteiger partial charge in [0.25, 0.3) is 17.5 Å². The predicted octanol–water partition coefficient (Wildman–Crippen LogP) is 2.59. The average molecular weight is 432 g/mol. The van der Waals surface area contributed by atoms with Gasteiger partial charge in [-0.05, 0) is 46.0 Å². The van der Waals surface area contributed by atoms with E-state index in [0.717, 1.165) is 30.1 Å². The van der Waals surface area contributed by atoms with Crippen molar-refractivity contribution in [3.63, 3.8) is 0 Å². The zero-order chi connectivity index (χ0) is 19.1. The van der Waals surface area contributed by atoms with Crippen molar-refractivity contribution in [1.82, 2.24) is 5.01 Å². The van der Waals surface area contributed by atoms with Crippen molar-refractivity contribution in [2.75, 3.05) is 0 Å². The Morgan fingerprint density at radius 2 is 1.81 bits per heavy atom. The summed E-state index contributed by atoms with van der Waals surface area (Å²) in [6, 6.07) is 2.31. The summed E-state index contributed by atoms with van der Waals surface area (Å²) in [6.07, 6.45) is 7.37. The van der Waals surface area contributed by atoms with Crippen LogP contribution < -0.4 is 0 Å². The molecule has 138 valence electrons. The number of hydrogen-bond donors (Lipinski definition) is 1. The first-order valence-electron chi connectivity index (χ1n) is 8.62. The van der Waals surface area contributed by atoms with Crippen LogP contribution in [0.5, 0.6) is 5.75 Å². The fourth-order valence-corrected chi connectivity index (χ4v) is 5.57. The summed E-state index contributed by atoms with van der Waals surface area (Å²) >= 11 is 3.05. The quantitative estimate of drug-likeness (QED) is 0.259. The van der Waals surface area contributed by atoms with Gasteiger partial charge >= 0.3 is 0 Å². The van der Waals surface area contributed by atoms with E-state index in [-0.39, 0.29) is 62.4 Å². The number of nitrogens with zero attached hydrogens (tertiary/aromatic N) is 3. The summed E-state index contributed by atoms with van der Waals surface area (Å²) in [7, 11) is 0. The molecule has 5 rings (SSSR count). The molecule has 1 aromatic carbocycles. The standard InChI is InChI=1S/C18H14BrN3O5/c19-12-6-9(22(26)27)5-8(15(12)23)7-20-21-16(24)13-10-1-2-11(14(13)17(21)25)18(10)3-4-18/h1-2,5-7,10-11,13-14,23H,3-4H2. The number of rotatable bonds is 3. The van der Waals surface area contributed by atoms with Crippen LogP contribution in [0.3, 0.4) is 0 Å². The minimum Gasteiger partial charge on any atom is -0.506 e. The van der Waals surface area contributed by atoms with Gasteiger partial charge in [-0.1, -0.05) is 12.2 Å². The third-order valence-corrected chi connectivity index (χ3v) is 7.03. The molecule has 2 saturated carbocycles. The second-order valence-corrected chi connectivity index (χ2v) is 8.43. The summed E-state index contributed by atoms with van der Waals surface area (Å²) in [5, 5.41) is 25.9. The van der Waals surface area contributed by atoms with Crippen molar-refractivity contribution in [2.24, 2.45) is 34.2 Å². The Kier molecular flexibility index (Phi) is 3.23. The number of nitro groups is 1. The molecule has 1 aliphatic heterocycles. The van der Waals surface area contributed by atoms with E-state index in [2.05, 4.69) is 33.2 Å². The molecule has 1 aromatic rings. The topological polar surface area (TPSA) is 113 Å². The Morgan fingerprint density at radius 3 is 2.33 bits per heavy atom. The number of hydrazone groups is 1. The number of benzene rings is 1. The predicted molar refractivity (Wildman–Crippen MR) is 96.7 cm³/mol. The molecule has 4 atom stereocenters. The van der Waals surface area contributed by atoms with Gasteiger partial charge in [0.1, 0.15) is 5.75 Å². The molecule has 4 unspecified atom stereocenters. The Morgan fingerprint density at radius 1 is 1.22 bits per heavy atom. The Hall–Kier alpha value is -2.55. The number of halogens is 1. The van der Waals surface area contributed by atoms with Crippen LogP contribution in [-0.2, 0) is 9.59 Å². The number of nitro benzene ring substituents is 1. The highest BCUT2D eigenvalue weighted by Crippen LogP contribution is 2.73. The van der Waals surface area contributed by atoms with Crippen LogP contribution in [0.1, 0.15) is 18.4 Å². The van der Waals surface area contributed by atoms with Crippen molar-refractivity contribution in [1.29, 1.82) is 0 Å². The Bertz CT molecular complexity index is 949. The minimum atomic E-state index is -0.601. The lowest BCUT2D eigenvalue weighted by atomic mass is 9.85. The molecule has 1 N–H and O–H groups in total. The van der Waals surface area contributed by atoms with Crippen LogP contribution in [0, 0.1) is 39.2 Å². The highest BCUT2D eigenvalue weighted by molar-refractivity contribution is 9.10. The molecule has 27 heavy (non-hydrogen) atoms. The van der Waals surface area contributed by atoms with Crippen molar-refractivity contribution in [2.45, 2.75) is 12.8 Å². The summed E-state index contributed by atoms with van der Waals surface area (Å²) in [5.41, 5.74) is -0.0805. The molecule has 1 spiro atoms. The lowest BCUT2D eigenvalue weighted by molar-refractivity contribution is -0.385. The highest BCUT2D eigenvalue weighted by atomic mass is 79.9. The molecule has 3 aliphatic carbocycles. The van der Waals surface area contributed by atoms with Crippen LogP contribution in [-0.4, -0.2) is 33.1 Å². The molecule has 4 aliphatic rings. The number of carbonyl (C=O) groups is 2. The van der Waals surface area contributed by atoms with Gasteiger partial charge in [-0.25, -0.2) is 0 Å². The van der Waals surface area contributed by atoms with Crippen LogP contribution in [0.4, 0.5) is 5.69 Å². The molecule has 3 fully saturated rings. The van der Waals surface area contributed by atoms with Gasteiger partial charge in [-0.15, -0.1) is 0 Å². The maximum atomic E-state index is 12.8. The van der Waals surface area contributed by atoms with Crippen molar-refractivity contribution < 1.29 is 19.6 Å². The number of imide groups is 1. The van der Waals surface area contributed by atoms with E-state index < -0.39 is 4.92 Å². The van der Waals surface area contributed by atoms with E-state index in [0.29, 0.717) is 0 Å². The Balaban J connectivity index is 1.46. The monoisotopic (exact) mass is 431 g/mol. The molecule has 2 bridgehead atoms. The number of carbonyl (C=O) groups excluding carboxylic acids is 2. The first-order chi connectivity index (χ1) is 12.8. The third-order valence-electron chi connectivity index (χ3n) is 6.43. The number of phenolic OH excluding ortho intramolecular Hbond substituents is 1. The van der Waals surface area contributed by atoms with E-state index in [9.17, 15) is 24.8 Å². The smallest absolute Gasteiger partial charge is 0.271 e. The second kappa shape index (κ2) is 5.25. The lowest BCUT2D eigenvalue weighted by Crippen LogP contribution is -2.30. The summed E-state index contributed by atoms with van der Waals surface area (Å²) in [6.45, 7) is 0. The zero-order valence-electron chi connectivity index (χ0n) is 13.9. The summed E-state index contributed by atoms with van der Waals surface area (Å²) in [5.74, 6) is -1.42. The molecule has 1 saturated heterocycles. The first kappa shape index (κ1) is 16.6. The van der Waals surface area contributed by atoms with Crippen molar-refractivity contribution >= 4 is 39.6 Å². The molecule has 9 heteroatoms. The molecule has 8 nitrogen and oxygen atoms in total. The number of amides is 2. The van der Waals surface area contributed by atoms with Gasteiger partial charge in [-0.3, -0.25) is 19.7 Å². The molecule has 0 radical (unpaired) electrons. The minimum absolute atomic E-state index is 0.0495. The van der Waals surface area contributed by atoms with E-state index in [1.54, 1.807) is 0 Å². The maximum Gasteiger partial charge on any atom is 0.271 e. The highest BCUT2D eigenvalue weighted by Gasteiger charge is 2.73. The number of aromatic hydroxyl groups is 1. The normalized spacial score (nSPS) is 32.1. The van der Waals surface area contributed by atoms with Crippen LogP contribution in [0.15, 0.2) is 33.9 Å². The van der Waals surface area contributed by atoms with Crippen molar-refractivity contribution in [3.05, 3.63) is 44.4 Å². The van der Waals surface area contributed by atoms with Gasteiger partial charge in [-0.2, -0.15) is 10.1 Å². The van der Waals surface area contributed by atoms with Gasteiger partial charge < -0.3 is 5.11 Å². The number of fused-ring (bicyclic) bond motifs is 3. The fourth-order valence-electron chi connectivity index (χ4n) is 5.11. The van der Waals surface area contributed by atoms with Crippen LogP contribution >= 0.6 is 15.9 Å². The van der Waals surface area contributed by atoms with E-state index >= 15 is 0 Å². The average Bonchev–Trinajstić information content (AvgIpc) is 3.23. The number of allylic oxidation sites excluding steroid dienone is 2. The summed E-state index contributed by atoms with van der Waals surface area (Å²) in [4.78, 5) is 36.0. The SMILES string of the molecule is O=C1C2C(C(=O)N1N=Cc1cc([N+](=O)[O-])cc(Br)c1O)C1C=CC2C12CC2. The van der Waals surface area contributed by atoms with E-state index in [1.165, 1.54) is 6.07 Å². The summed E-state index contributed by atoms with van der Waals surface area (Å²) < 4.78 is 0.131.